The van der Waals surface area contributed by atoms with Crippen molar-refractivity contribution in [2.45, 2.75) is 84.8 Å². The van der Waals surface area contributed by atoms with Crippen LogP contribution in [0.1, 0.15) is 68.0 Å². The highest BCUT2D eigenvalue weighted by molar-refractivity contribution is 7.84. The Bertz CT molecular complexity index is 668. The Labute approximate surface area is 160 Å². The Morgan fingerprint density at radius 3 is 1.92 bits per heavy atom. The maximum Gasteiger partial charge on any atom is 0.380 e. The highest BCUT2D eigenvalue weighted by Crippen LogP contribution is 2.52. The van der Waals surface area contributed by atoms with Gasteiger partial charge in [0.25, 0.3) is 0 Å². The first-order valence-corrected chi connectivity index (χ1v) is 11.3. The zero-order chi connectivity index (χ0) is 20.4. The Balaban J connectivity index is 3.13. The van der Waals surface area contributed by atoms with Crippen molar-refractivity contribution in [1.29, 1.82) is 0 Å². The van der Waals surface area contributed by atoms with E-state index in [2.05, 4.69) is 9.71 Å². The lowest BCUT2D eigenvalue weighted by Crippen LogP contribution is -2.33. The molecule has 150 valence electrons. The third-order valence-corrected chi connectivity index (χ3v) is 6.71. The normalized spacial score (nSPS) is 15.1. The lowest BCUT2D eigenvalue weighted by molar-refractivity contribution is 0.0545. The molecule has 0 saturated heterocycles. The molecule has 0 aliphatic heterocycles. The van der Waals surface area contributed by atoms with Gasteiger partial charge in [-0.05, 0) is 74.4 Å². The first-order valence-electron chi connectivity index (χ1n) is 8.65. The summed E-state index contributed by atoms with van der Waals surface area (Å²) in [7, 11) is -4.86. The summed E-state index contributed by atoms with van der Waals surface area (Å²) in [4.78, 5) is 4.46. The second kappa shape index (κ2) is 8.19. The molecule has 0 radical (unpaired) electrons. The van der Waals surface area contributed by atoms with Crippen LogP contribution < -0.4 is 10.2 Å². The topological polar surface area (TPSA) is 77.5 Å². The Kier molecular flexibility index (Phi) is 7.39. The van der Waals surface area contributed by atoms with Gasteiger partial charge in [0.15, 0.2) is 5.44 Å². The maximum atomic E-state index is 13.5. The van der Waals surface area contributed by atoms with Gasteiger partial charge in [-0.1, -0.05) is 6.07 Å². The van der Waals surface area contributed by atoms with Gasteiger partial charge in [-0.3, -0.25) is 13.6 Å². The summed E-state index contributed by atoms with van der Waals surface area (Å²) in [6.07, 6.45) is 0. The van der Waals surface area contributed by atoms with Crippen LogP contribution in [-0.4, -0.2) is 25.1 Å². The molecule has 1 atom stereocenters. The van der Waals surface area contributed by atoms with Gasteiger partial charge in [0, 0.05) is 0 Å². The number of hydrogen-bond donors (Lipinski definition) is 1. The van der Waals surface area contributed by atoms with Crippen molar-refractivity contribution in [1.82, 2.24) is 9.71 Å². The van der Waals surface area contributed by atoms with Crippen molar-refractivity contribution < 1.29 is 17.8 Å². The molecule has 0 aliphatic rings. The van der Waals surface area contributed by atoms with Crippen LogP contribution in [0.5, 0.6) is 0 Å². The van der Waals surface area contributed by atoms with Gasteiger partial charge in [-0.25, -0.2) is 13.9 Å². The standard InChI is InChI=1S/C18H33N2O4PS/c1-16(2,3)23-25(21,24-17(4,5)6)15-12-10-11-14(20-15)13-19-26(22)18(7,8)9/h10-12,19H,13H2,1-9H3. The molecule has 0 bridgehead atoms. The van der Waals surface area contributed by atoms with Crippen LogP contribution in [0.2, 0.25) is 0 Å². The van der Waals surface area contributed by atoms with Crippen molar-refractivity contribution >= 4 is 24.0 Å². The number of aromatic nitrogens is 1. The molecule has 1 unspecified atom stereocenters. The summed E-state index contributed by atoms with van der Waals surface area (Å²) < 4.78 is 39.9. The van der Waals surface area contributed by atoms with Crippen LogP contribution in [0.4, 0.5) is 0 Å². The number of pyridine rings is 1. The van der Waals surface area contributed by atoms with Gasteiger partial charge in [-0.2, -0.15) is 0 Å². The average molecular weight is 405 g/mol. The van der Waals surface area contributed by atoms with Crippen LogP contribution in [0.3, 0.4) is 0 Å². The van der Waals surface area contributed by atoms with Crippen molar-refractivity contribution in [2.24, 2.45) is 0 Å². The molecule has 0 aromatic carbocycles. The predicted molar refractivity (Wildman–Crippen MR) is 108 cm³/mol. The molecular weight excluding hydrogens is 371 g/mol. The first kappa shape index (κ1) is 23.4. The number of hydrogen-bond acceptors (Lipinski definition) is 5. The molecule has 6 nitrogen and oxygen atoms in total. The highest BCUT2D eigenvalue weighted by Gasteiger charge is 2.38. The molecule has 1 heterocycles. The van der Waals surface area contributed by atoms with E-state index in [4.69, 9.17) is 9.05 Å². The van der Waals surface area contributed by atoms with E-state index < -0.39 is 29.8 Å². The number of nitrogens with zero attached hydrogens (tertiary/aromatic N) is 1. The summed E-state index contributed by atoms with van der Waals surface area (Å²) in [5.41, 5.74) is -0.451. The molecule has 26 heavy (non-hydrogen) atoms. The minimum absolute atomic E-state index is 0.253. The Morgan fingerprint density at radius 2 is 1.50 bits per heavy atom. The van der Waals surface area contributed by atoms with Crippen LogP contribution >= 0.6 is 7.60 Å². The van der Waals surface area contributed by atoms with Gasteiger partial charge >= 0.3 is 7.60 Å². The Morgan fingerprint density at radius 1 is 1.00 bits per heavy atom. The van der Waals surface area contributed by atoms with Crippen molar-refractivity contribution in [3.05, 3.63) is 23.9 Å². The molecule has 0 spiro atoms. The molecule has 1 N–H and O–H groups in total. The molecule has 1 aromatic rings. The zero-order valence-electron chi connectivity index (χ0n) is 17.4. The van der Waals surface area contributed by atoms with Crippen molar-refractivity contribution in [2.75, 3.05) is 0 Å². The minimum Gasteiger partial charge on any atom is -0.298 e. The van der Waals surface area contributed by atoms with Crippen molar-refractivity contribution in [3.8, 4) is 0 Å². The van der Waals surface area contributed by atoms with Gasteiger partial charge in [0.1, 0.15) is 0 Å². The lowest BCUT2D eigenvalue weighted by atomic mass is 10.2. The summed E-state index contributed by atoms with van der Waals surface area (Å²) in [6, 6.07) is 5.18. The largest absolute Gasteiger partial charge is 0.380 e. The molecule has 0 saturated carbocycles. The van der Waals surface area contributed by atoms with E-state index in [1.165, 1.54) is 0 Å². The fraction of sp³-hybridized carbons (Fsp3) is 0.722. The monoisotopic (exact) mass is 404 g/mol. The van der Waals surface area contributed by atoms with E-state index in [1.54, 1.807) is 18.2 Å². The molecule has 8 heteroatoms. The van der Waals surface area contributed by atoms with E-state index in [1.807, 2.05) is 62.3 Å². The van der Waals surface area contributed by atoms with Crippen LogP contribution in [0, 0.1) is 0 Å². The van der Waals surface area contributed by atoms with Gasteiger partial charge in [0.2, 0.25) is 0 Å². The minimum atomic E-state index is -3.64. The molecule has 1 aromatic heterocycles. The summed E-state index contributed by atoms with van der Waals surface area (Å²) in [6.45, 7) is 16.9. The fourth-order valence-electron chi connectivity index (χ4n) is 1.91. The smallest absolute Gasteiger partial charge is 0.298 e. The molecular formula is C18H33N2O4PS. The summed E-state index contributed by atoms with van der Waals surface area (Å²) in [5.74, 6) is 0. The van der Waals surface area contributed by atoms with Gasteiger partial charge < -0.3 is 0 Å². The summed E-state index contributed by atoms with van der Waals surface area (Å²) >= 11 is 0. The third-order valence-electron chi connectivity index (χ3n) is 2.80. The van der Waals surface area contributed by atoms with Gasteiger partial charge in [0.05, 0.1) is 39.2 Å². The van der Waals surface area contributed by atoms with Crippen LogP contribution in [0.15, 0.2) is 18.2 Å². The van der Waals surface area contributed by atoms with E-state index >= 15 is 0 Å². The van der Waals surface area contributed by atoms with Crippen LogP contribution in [0.25, 0.3) is 0 Å². The number of rotatable bonds is 6. The molecule has 0 aliphatic carbocycles. The van der Waals surface area contributed by atoms with Crippen molar-refractivity contribution in [3.63, 3.8) is 0 Å². The van der Waals surface area contributed by atoms with E-state index in [0.717, 1.165) is 0 Å². The average Bonchev–Trinajstić information content (AvgIpc) is 2.39. The first-order chi connectivity index (χ1) is 11.5. The third kappa shape index (κ3) is 7.97. The SMILES string of the molecule is CC(C)(C)OP(=O)(OC(C)(C)C)c1cccc(CNS(=O)C(C)(C)C)n1. The maximum absolute atomic E-state index is 13.5. The van der Waals surface area contributed by atoms with Gasteiger partial charge in [-0.15, -0.1) is 0 Å². The Hall–Kier alpha value is -0.590. The lowest BCUT2D eigenvalue weighted by Gasteiger charge is -2.31. The second-order valence-electron chi connectivity index (χ2n) is 9.09. The second-order valence-corrected chi connectivity index (χ2v) is 13.0. The fourth-order valence-corrected chi connectivity index (χ4v) is 4.81. The molecule has 1 rings (SSSR count). The predicted octanol–water partition coefficient (Wildman–Crippen LogP) is 4.08. The van der Waals surface area contributed by atoms with E-state index in [9.17, 15) is 8.77 Å². The number of nitrogens with one attached hydrogen (secondary N) is 1. The summed E-state index contributed by atoms with van der Waals surface area (Å²) in [5, 5.41) is 0. The van der Waals surface area contributed by atoms with Crippen LogP contribution in [-0.2, 0) is 31.1 Å². The molecule has 0 fully saturated rings. The zero-order valence-corrected chi connectivity index (χ0v) is 19.1. The molecule has 0 amide bonds. The quantitative estimate of drug-likeness (QED) is 0.723. The van der Waals surface area contributed by atoms with E-state index in [-0.39, 0.29) is 10.2 Å². The highest BCUT2D eigenvalue weighted by atomic mass is 32.2. The van der Waals surface area contributed by atoms with E-state index in [0.29, 0.717) is 12.2 Å².